The van der Waals surface area contributed by atoms with Gasteiger partial charge in [0.15, 0.2) is 18.2 Å². The fourth-order valence-electron chi connectivity index (χ4n) is 3.02. The summed E-state index contributed by atoms with van der Waals surface area (Å²) < 4.78 is 28.8. The van der Waals surface area contributed by atoms with E-state index in [0.717, 1.165) is 11.6 Å². The molecule has 136 valence electrons. The first kappa shape index (κ1) is 18.1. The number of fused-ring (bicyclic) bond motifs is 1. The molecule has 25 heavy (non-hydrogen) atoms. The van der Waals surface area contributed by atoms with Crippen molar-refractivity contribution in [1.82, 2.24) is 0 Å². The van der Waals surface area contributed by atoms with Gasteiger partial charge >= 0.3 is 5.97 Å². The molecule has 6 nitrogen and oxygen atoms in total. The van der Waals surface area contributed by atoms with Crippen LogP contribution in [0.1, 0.15) is 25.0 Å². The Morgan fingerprint density at radius 1 is 1.32 bits per heavy atom. The molecule has 1 aromatic carbocycles. The van der Waals surface area contributed by atoms with Crippen molar-refractivity contribution in [3.05, 3.63) is 48.0 Å². The zero-order valence-corrected chi connectivity index (χ0v) is 14.8. The Balaban J connectivity index is 1.71. The number of hydrogen-bond acceptors (Lipinski definition) is 6. The highest BCUT2D eigenvalue weighted by atomic mass is 16.8. The van der Waals surface area contributed by atoms with Crippen LogP contribution >= 0.6 is 0 Å². The molecular weight excluding hydrogens is 324 g/mol. The van der Waals surface area contributed by atoms with E-state index in [-0.39, 0.29) is 6.10 Å². The number of carbonyl (C=O) groups excluding carboxylic acids is 1. The van der Waals surface area contributed by atoms with Crippen molar-refractivity contribution in [2.75, 3.05) is 6.61 Å². The van der Waals surface area contributed by atoms with Crippen molar-refractivity contribution in [2.24, 2.45) is 0 Å². The van der Waals surface area contributed by atoms with Crippen LogP contribution in [0.3, 0.4) is 0 Å². The van der Waals surface area contributed by atoms with Gasteiger partial charge in [0.2, 0.25) is 0 Å². The summed E-state index contributed by atoms with van der Waals surface area (Å²) in [6.45, 7) is 9.76. The SMILES string of the molecule is C=CC(=O)O[C@H]1[C@@H](OCc2ccc(C)cc2)OC[C@@H]2OC(C)(C)O[C@H]12. The molecule has 2 heterocycles. The molecule has 6 heteroatoms. The van der Waals surface area contributed by atoms with Gasteiger partial charge in [-0.1, -0.05) is 36.4 Å². The van der Waals surface area contributed by atoms with Crippen molar-refractivity contribution < 1.29 is 28.5 Å². The van der Waals surface area contributed by atoms with Gasteiger partial charge in [-0.3, -0.25) is 0 Å². The molecule has 0 saturated carbocycles. The monoisotopic (exact) mass is 348 g/mol. The third kappa shape index (κ3) is 4.27. The molecule has 2 fully saturated rings. The number of carbonyl (C=O) groups is 1. The van der Waals surface area contributed by atoms with Crippen LogP contribution in [0.25, 0.3) is 0 Å². The Bertz CT molecular complexity index is 623. The van der Waals surface area contributed by atoms with Gasteiger partial charge in [-0.25, -0.2) is 4.79 Å². The Labute approximate surface area is 147 Å². The zero-order chi connectivity index (χ0) is 18.0. The molecular formula is C19H24O6. The van der Waals surface area contributed by atoms with E-state index in [2.05, 4.69) is 6.58 Å². The lowest BCUT2D eigenvalue weighted by atomic mass is 10.1. The van der Waals surface area contributed by atoms with Crippen molar-refractivity contribution in [1.29, 1.82) is 0 Å². The van der Waals surface area contributed by atoms with Crippen LogP contribution in [0.15, 0.2) is 36.9 Å². The lowest BCUT2D eigenvalue weighted by Gasteiger charge is -2.36. The second kappa shape index (κ2) is 7.25. The van der Waals surface area contributed by atoms with E-state index in [9.17, 15) is 4.79 Å². The first-order valence-corrected chi connectivity index (χ1v) is 8.35. The molecule has 0 amide bonds. The fraction of sp³-hybridized carbons (Fsp3) is 0.526. The van der Waals surface area contributed by atoms with Gasteiger partial charge < -0.3 is 23.7 Å². The van der Waals surface area contributed by atoms with Crippen LogP contribution in [0.2, 0.25) is 0 Å². The summed E-state index contributed by atoms with van der Waals surface area (Å²) in [7, 11) is 0. The summed E-state index contributed by atoms with van der Waals surface area (Å²) in [5.41, 5.74) is 2.19. The molecule has 0 spiro atoms. The van der Waals surface area contributed by atoms with Crippen LogP contribution in [0.5, 0.6) is 0 Å². The van der Waals surface area contributed by atoms with Crippen molar-refractivity contribution in [3.63, 3.8) is 0 Å². The highest BCUT2D eigenvalue weighted by Crippen LogP contribution is 2.36. The Morgan fingerprint density at radius 3 is 2.72 bits per heavy atom. The number of hydrogen-bond donors (Lipinski definition) is 0. The van der Waals surface area contributed by atoms with Crippen molar-refractivity contribution >= 4 is 5.97 Å². The smallest absolute Gasteiger partial charge is 0.330 e. The van der Waals surface area contributed by atoms with Crippen LogP contribution < -0.4 is 0 Å². The van der Waals surface area contributed by atoms with Gasteiger partial charge in [0.25, 0.3) is 0 Å². The number of ether oxygens (including phenoxy) is 5. The topological polar surface area (TPSA) is 63.2 Å². The quantitative estimate of drug-likeness (QED) is 0.602. The molecule has 2 aliphatic rings. The number of rotatable bonds is 5. The summed E-state index contributed by atoms with van der Waals surface area (Å²) >= 11 is 0. The molecule has 0 aliphatic carbocycles. The normalized spacial score (nSPS) is 30.5. The first-order valence-electron chi connectivity index (χ1n) is 8.35. The summed E-state index contributed by atoms with van der Waals surface area (Å²) in [6.07, 6.45) is -1.10. The lowest BCUT2D eigenvalue weighted by Crippen LogP contribution is -2.54. The largest absolute Gasteiger partial charge is 0.451 e. The van der Waals surface area contributed by atoms with Gasteiger partial charge in [-0.15, -0.1) is 0 Å². The van der Waals surface area contributed by atoms with Crippen LogP contribution in [-0.4, -0.2) is 43.0 Å². The average molecular weight is 348 g/mol. The summed E-state index contributed by atoms with van der Waals surface area (Å²) in [5, 5.41) is 0. The van der Waals surface area contributed by atoms with E-state index in [1.54, 1.807) is 0 Å². The molecule has 3 rings (SSSR count). The molecule has 0 aromatic heterocycles. The van der Waals surface area contributed by atoms with E-state index in [1.165, 1.54) is 5.56 Å². The van der Waals surface area contributed by atoms with Crippen molar-refractivity contribution in [2.45, 2.75) is 57.8 Å². The van der Waals surface area contributed by atoms with Gasteiger partial charge in [-0.2, -0.15) is 0 Å². The maximum Gasteiger partial charge on any atom is 0.330 e. The summed E-state index contributed by atoms with van der Waals surface area (Å²) in [6, 6.07) is 8.01. The van der Waals surface area contributed by atoms with Crippen LogP contribution in [0.4, 0.5) is 0 Å². The molecule has 1 aromatic rings. The second-order valence-electron chi connectivity index (χ2n) is 6.74. The van der Waals surface area contributed by atoms with Crippen LogP contribution in [0, 0.1) is 6.92 Å². The average Bonchev–Trinajstić information content (AvgIpc) is 2.90. The third-order valence-electron chi connectivity index (χ3n) is 4.19. The standard InChI is InChI=1S/C19H24O6/c1-5-15(20)23-17-16-14(24-19(3,4)25-16)11-22-18(17)21-10-13-8-6-12(2)7-9-13/h5-9,14,16-18H,1,10-11H2,2-4H3/t14-,16-,17+,18-/m0/s1. The number of esters is 1. The number of aryl methyl sites for hydroxylation is 1. The molecule has 0 bridgehead atoms. The minimum Gasteiger partial charge on any atom is -0.451 e. The van der Waals surface area contributed by atoms with E-state index < -0.39 is 30.3 Å². The second-order valence-corrected chi connectivity index (χ2v) is 6.74. The number of benzene rings is 1. The van der Waals surface area contributed by atoms with Gasteiger partial charge in [0.05, 0.1) is 13.2 Å². The highest BCUT2D eigenvalue weighted by molar-refractivity contribution is 5.81. The van der Waals surface area contributed by atoms with E-state index in [4.69, 9.17) is 23.7 Å². The maximum atomic E-state index is 11.7. The molecule has 0 N–H and O–H groups in total. The van der Waals surface area contributed by atoms with Crippen molar-refractivity contribution in [3.8, 4) is 0 Å². The van der Waals surface area contributed by atoms with Gasteiger partial charge in [0.1, 0.15) is 12.2 Å². The summed E-state index contributed by atoms with van der Waals surface area (Å²) in [4.78, 5) is 11.7. The van der Waals surface area contributed by atoms with Gasteiger partial charge in [-0.05, 0) is 26.3 Å². The molecule has 0 radical (unpaired) electrons. The minimum atomic E-state index is -0.761. The summed E-state index contributed by atoms with van der Waals surface area (Å²) in [5.74, 6) is -1.31. The predicted molar refractivity (Wildman–Crippen MR) is 89.6 cm³/mol. The van der Waals surface area contributed by atoms with Gasteiger partial charge in [0, 0.05) is 6.08 Å². The van der Waals surface area contributed by atoms with E-state index in [1.807, 2.05) is 45.0 Å². The first-order chi connectivity index (χ1) is 11.9. The molecule has 4 atom stereocenters. The Morgan fingerprint density at radius 2 is 2.04 bits per heavy atom. The van der Waals surface area contributed by atoms with E-state index in [0.29, 0.717) is 13.2 Å². The van der Waals surface area contributed by atoms with Crippen LogP contribution in [-0.2, 0) is 35.1 Å². The Kier molecular flexibility index (Phi) is 5.24. The van der Waals surface area contributed by atoms with E-state index >= 15 is 0 Å². The predicted octanol–water partition coefficient (Wildman–Crippen LogP) is 2.49. The zero-order valence-electron chi connectivity index (χ0n) is 14.8. The highest BCUT2D eigenvalue weighted by Gasteiger charge is 2.53. The Hall–Kier alpha value is -1.73. The molecule has 0 unspecified atom stereocenters. The fourth-order valence-corrected chi connectivity index (χ4v) is 3.02. The minimum absolute atomic E-state index is 0.308. The maximum absolute atomic E-state index is 11.7. The third-order valence-corrected chi connectivity index (χ3v) is 4.19. The lowest BCUT2D eigenvalue weighted by molar-refractivity contribution is -0.261. The molecule has 2 aliphatic heterocycles. The molecule has 2 saturated heterocycles.